The fourth-order valence-electron chi connectivity index (χ4n) is 2.60. The van der Waals surface area contributed by atoms with Gasteiger partial charge in [0.25, 0.3) is 0 Å². The van der Waals surface area contributed by atoms with E-state index in [1.54, 1.807) is 6.20 Å². The molecule has 4 aromatic rings. The summed E-state index contributed by atoms with van der Waals surface area (Å²) in [5, 5.41) is 2.00. The predicted molar refractivity (Wildman–Crippen MR) is 83.9 cm³/mol. The zero-order valence-corrected chi connectivity index (χ0v) is 11.5. The summed E-state index contributed by atoms with van der Waals surface area (Å²) in [5.41, 5.74) is 10.7. The van der Waals surface area contributed by atoms with E-state index in [2.05, 4.69) is 9.97 Å². The number of benzene rings is 1. The molecule has 102 valence electrons. The Bertz CT molecular complexity index is 958. The van der Waals surface area contributed by atoms with Gasteiger partial charge >= 0.3 is 0 Å². The van der Waals surface area contributed by atoms with Gasteiger partial charge in [-0.15, -0.1) is 0 Å². The summed E-state index contributed by atoms with van der Waals surface area (Å²) in [6, 6.07) is 13.6. The molecule has 0 aliphatic rings. The first-order chi connectivity index (χ1) is 10.2. The van der Waals surface area contributed by atoms with E-state index in [4.69, 9.17) is 10.2 Å². The molecule has 4 nitrogen and oxygen atoms in total. The molecule has 3 aromatic heterocycles. The van der Waals surface area contributed by atoms with Crippen molar-refractivity contribution in [3.63, 3.8) is 0 Å². The van der Waals surface area contributed by atoms with Crippen molar-refractivity contribution in [1.29, 1.82) is 0 Å². The molecule has 3 heterocycles. The smallest absolute Gasteiger partial charge is 0.227 e. The van der Waals surface area contributed by atoms with Gasteiger partial charge in [0, 0.05) is 28.4 Å². The number of nitrogen functional groups attached to an aromatic ring is 1. The largest absolute Gasteiger partial charge is 0.437 e. The molecule has 4 heteroatoms. The number of fused-ring (bicyclic) bond motifs is 3. The molecule has 2 N–H and O–H groups in total. The lowest BCUT2D eigenvalue weighted by Gasteiger charge is -2.05. The molecule has 4 rings (SSSR count). The fraction of sp³-hybridized carbons (Fsp3) is 0.0588. The van der Waals surface area contributed by atoms with Crippen molar-refractivity contribution in [2.75, 3.05) is 5.73 Å². The van der Waals surface area contributed by atoms with Crippen LogP contribution in [0.25, 0.3) is 33.3 Å². The van der Waals surface area contributed by atoms with Crippen molar-refractivity contribution >= 4 is 27.8 Å². The van der Waals surface area contributed by atoms with Gasteiger partial charge in [-0.25, -0.2) is 4.98 Å². The molecule has 0 amide bonds. The van der Waals surface area contributed by atoms with Crippen LogP contribution in [-0.4, -0.2) is 9.97 Å². The number of anilines is 1. The van der Waals surface area contributed by atoms with E-state index in [0.29, 0.717) is 11.4 Å². The standard InChI is InChI=1S/C17H13N3O/c1-10-5-6-12-11-7-8-13(18)15(14-4-2-3-9-19-14)16(11)21-17(12)20-10/h2-9H,18H2,1H3. The fourth-order valence-corrected chi connectivity index (χ4v) is 2.60. The van der Waals surface area contributed by atoms with Crippen molar-refractivity contribution in [2.24, 2.45) is 0 Å². The number of aromatic nitrogens is 2. The first-order valence-corrected chi connectivity index (χ1v) is 6.74. The zero-order valence-electron chi connectivity index (χ0n) is 11.5. The Labute approximate surface area is 121 Å². The first kappa shape index (κ1) is 11.9. The van der Waals surface area contributed by atoms with Crippen molar-refractivity contribution < 1.29 is 4.42 Å². The lowest BCUT2D eigenvalue weighted by molar-refractivity contribution is 0.653. The molecule has 0 radical (unpaired) electrons. The van der Waals surface area contributed by atoms with Crippen LogP contribution in [0.2, 0.25) is 0 Å². The van der Waals surface area contributed by atoms with Gasteiger partial charge in [0.1, 0.15) is 5.58 Å². The van der Waals surface area contributed by atoms with Crippen molar-refractivity contribution in [3.05, 3.63) is 54.4 Å². The van der Waals surface area contributed by atoms with E-state index in [1.807, 2.05) is 49.4 Å². The van der Waals surface area contributed by atoms with Crippen LogP contribution in [0.5, 0.6) is 0 Å². The van der Waals surface area contributed by atoms with Crippen molar-refractivity contribution in [1.82, 2.24) is 9.97 Å². The Hall–Kier alpha value is -2.88. The van der Waals surface area contributed by atoms with Crippen molar-refractivity contribution in [2.45, 2.75) is 6.92 Å². The van der Waals surface area contributed by atoms with Gasteiger partial charge in [-0.3, -0.25) is 4.98 Å². The van der Waals surface area contributed by atoms with E-state index in [9.17, 15) is 0 Å². The van der Waals surface area contributed by atoms with Gasteiger partial charge in [0.05, 0.1) is 11.3 Å². The van der Waals surface area contributed by atoms with Gasteiger partial charge < -0.3 is 10.2 Å². The van der Waals surface area contributed by atoms with Crippen LogP contribution in [0, 0.1) is 6.92 Å². The Morgan fingerprint density at radius 1 is 1.00 bits per heavy atom. The average molecular weight is 275 g/mol. The summed E-state index contributed by atoms with van der Waals surface area (Å²) in [7, 11) is 0. The van der Waals surface area contributed by atoms with Gasteiger partial charge in [0.2, 0.25) is 5.71 Å². The van der Waals surface area contributed by atoms with E-state index >= 15 is 0 Å². The molecule has 21 heavy (non-hydrogen) atoms. The summed E-state index contributed by atoms with van der Waals surface area (Å²) in [4.78, 5) is 8.84. The maximum atomic E-state index is 6.15. The van der Waals surface area contributed by atoms with Gasteiger partial charge in [0.15, 0.2) is 0 Å². The third-order valence-corrected chi connectivity index (χ3v) is 3.60. The lowest BCUT2D eigenvalue weighted by atomic mass is 10.0. The van der Waals surface area contributed by atoms with Crippen LogP contribution in [0.4, 0.5) is 5.69 Å². The second-order valence-electron chi connectivity index (χ2n) is 5.03. The molecule has 0 saturated heterocycles. The Morgan fingerprint density at radius 3 is 2.67 bits per heavy atom. The molecule has 0 fully saturated rings. The molecular weight excluding hydrogens is 262 g/mol. The number of rotatable bonds is 1. The SMILES string of the molecule is Cc1ccc2c(n1)oc1c(-c3ccccn3)c(N)ccc12. The molecule has 1 aromatic carbocycles. The van der Waals surface area contributed by atoms with Crippen LogP contribution in [0.1, 0.15) is 5.69 Å². The summed E-state index contributed by atoms with van der Waals surface area (Å²) >= 11 is 0. The van der Waals surface area contributed by atoms with Gasteiger partial charge in [-0.2, -0.15) is 0 Å². The first-order valence-electron chi connectivity index (χ1n) is 6.74. The molecule has 0 aliphatic heterocycles. The van der Waals surface area contributed by atoms with Gasteiger partial charge in [-0.05, 0) is 43.3 Å². The number of nitrogens with zero attached hydrogens (tertiary/aromatic N) is 2. The minimum atomic E-state index is 0.632. The highest BCUT2D eigenvalue weighted by molar-refractivity contribution is 6.10. The molecule has 0 saturated carbocycles. The molecule has 0 spiro atoms. The maximum Gasteiger partial charge on any atom is 0.227 e. The highest BCUT2D eigenvalue weighted by atomic mass is 16.3. The Morgan fingerprint density at radius 2 is 1.86 bits per heavy atom. The van der Waals surface area contributed by atoms with Crippen LogP contribution < -0.4 is 5.73 Å². The number of hydrogen-bond acceptors (Lipinski definition) is 4. The van der Waals surface area contributed by atoms with E-state index in [0.717, 1.165) is 33.3 Å². The average Bonchev–Trinajstić information content (AvgIpc) is 2.85. The Balaban J connectivity index is 2.15. The Kier molecular flexibility index (Phi) is 2.44. The molecule has 0 atom stereocenters. The third-order valence-electron chi connectivity index (χ3n) is 3.60. The normalized spacial score (nSPS) is 11.3. The molecule has 0 unspecified atom stereocenters. The predicted octanol–water partition coefficient (Wildman–Crippen LogP) is 3.93. The van der Waals surface area contributed by atoms with Crippen LogP contribution in [-0.2, 0) is 0 Å². The monoisotopic (exact) mass is 275 g/mol. The third kappa shape index (κ3) is 1.76. The number of nitrogens with two attached hydrogens (primary N) is 1. The van der Waals surface area contributed by atoms with Crippen LogP contribution in [0.15, 0.2) is 53.1 Å². The molecule has 0 aliphatic carbocycles. The summed E-state index contributed by atoms with van der Waals surface area (Å²) in [5.74, 6) is 0. The highest BCUT2D eigenvalue weighted by Crippen LogP contribution is 2.37. The van der Waals surface area contributed by atoms with E-state index < -0.39 is 0 Å². The van der Waals surface area contributed by atoms with E-state index in [1.165, 1.54) is 0 Å². The number of aryl methyl sites for hydroxylation is 1. The molecular formula is C17H13N3O. The number of furan rings is 1. The second-order valence-corrected chi connectivity index (χ2v) is 5.03. The van der Waals surface area contributed by atoms with Crippen molar-refractivity contribution in [3.8, 4) is 11.3 Å². The minimum Gasteiger partial charge on any atom is -0.437 e. The summed E-state index contributed by atoms with van der Waals surface area (Å²) < 4.78 is 5.97. The second kappa shape index (κ2) is 4.31. The maximum absolute atomic E-state index is 6.15. The van der Waals surface area contributed by atoms with Gasteiger partial charge in [-0.1, -0.05) is 6.07 Å². The van der Waals surface area contributed by atoms with Crippen LogP contribution >= 0.6 is 0 Å². The van der Waals surface area contributed by atoms with E-state index in [-0.39, 0.29) is 0 Å². The molecule has 0 bridgehead atoms. The zero-order chi connectivity index (χ0) is 14.4. The minimum absolute atomic E-state index is 0.632. The quantitative estimate of drug-likeness (QED) is 0.534. The highest BCUT2D eigenvalue weighted by Gasteiger charge is 2.16. The summed E-state index contributed by atoms with van der Waals surface area (Å²) in [6.45, 7) is 1.95. The van der Waals surface area contributed by atoms with Crippen LogP contribution in [0.3, 0.4) is 0 Å². The lowest BCUT2D eigenvalue weighted by Crippen LogP contribution is -1.91. The topological polar surface area (TPSA) is 64.9 Å². The number of pyridine rings is 2. The summed E-state index contributed by atoms with van der Waals surface area (Å²) in [6.07, 6.45) is 1.75. The number of hydrogen-bond donors (Lipinski definition) is 1.